The molecule has 162 valence electrons. The molecule has 0 saturated carbocycles. The van der Waals surface area contributed by atoms with Gasteiger partial charge in [0.05, 0.1) is 13.7 Å². The van der Waals surface area contributed by atoms with Crippen LogP contribution >= 0.6 is 0 Å². The van der Waals surface area contributed by atoms with Crippen LogP contribution in [-0.2, 0) is 5.41 Å². The first-order chi connectivity index (χ1) is 15.0. The summed E-state index contributed by atoms with van der Waals surface area (Å²) in [7, 11) is 1.56. The standard InChI is InChI=1S/C27H30O4/c1-5-6-16-30-26-24(29-4)17-20(19-28)18-25(26)31-23-14-12-22(13-15-23)27(2,3)21-10-8-7-9-11-21/h7-15,17-19H,5-6,16H2,1-4H3. The second-order valence-electron chi connectivity index (χ2n) is 7.99. The van der Waals surface area contributed by atoms with Crippen LogP contribution in [-0.4, -0.2) is 20.0 Å². The van der Waals surface area contributed by atoms with Gasteiger partial charge in [-0.3, -0.25) is 4.79 Å². The van der Waals surface area contributed by atoms with Crippen LogP contribution in [0.4, 0.5) is 0 Å². The Morgan fingerprint density at radius 1 is 0.903 bits per heavy atom. The number of unbranched alkanes of at least 4 members (excludes halogenated alkanes) is 1. The first-order valence-electron chi connectivity index (χ1n) is 10.6. The first kappa shape index (κ1) is 22.4. The van der Waals surface area contributed by atoms with Gasteiger partial charge < -0.3 is 14.2 Å². The normalized spacial score (nSPS) is 11.1. The van der Waals surface area contributed by atoms with Crippen LogP contribution in [0.15, 0.2) is 66.7 Å². The quantitative estimate of drug-likeness (QED) is 0.268. The number of carbonyl (C=O) groups is 1. The smallest absolute Gasteiger partial charge is 0.204 e. The van der Waals surface area contributed by atoms with Crippen LogP contribution in [0.3, 0.4) is 0 Å². The molecular formula is C27H30O4. The predicted octanol–water partition coefficient (Wildman–Crippen LogP) is 6.80. The Balaban J connectivity index is 1.89. The summed E-state index contributed by atoms with van der Waals surface area (Å²) in [6.45, 7) is 7.06. The molecule has 0 bridgehead atoms. The third kappa shape index (κ3) is 5.26. The fourth-order valence-corrected chi connectivity index (χ4v) is 3.44. The molecule has 3 aromatic carbocycles. The van der Waals surface area contributed by atoms with Crippen molar-refractivity contribution in [2.75, 3.05) is 13.7 Å². The van der Waals surface area contributed by atoms with Crippen molar-refractivity contribution in [1.29, 1.82) is 0 Å². The minimum absolute atomic E-state index is 0.130. The summed E-state index contributed by atoms with van der Waals surface area (Å²) in [5.41, 5.74) is 2.77. The molecule has 0 unspecified atom stereocenters. The van der Waals surface area contributed by atoms with E-state index in [4.69, 9.17) is 14.2 Å². The maximum atomic E-state index is 11.4. The number of aldehydes is 1. The number of hydrogen-bond donors (Lipinski definition) is 0. The summed E-state index contributed by atoms with van der Waals surface area (Å²) < 4.78 is 17.5. The summed E-state index contributed by atoms with van der Waals surface area (Å²) in [4.78, 5) is 11.4. The van der Waals surface area contributed by atoms with E-state index in [9.17, 15) is 4.79 Å². The van der Waals surface area contributed by atoms with Crippen molar-refractivity contribution in [1.82, 2.24) is 0 Å². The van der Waals surface area contributed by atoms with Crippen molar-refractivity contribution in [3.63, 3.8) is 0 Å². The van der Waals surface area contributed by atoms with E-state index in [1.165, 1.54) is 11.1 Å². The van der Waals surface area contributed by atoms with Gasteiger partial charge in [-0.15, -0.1) is 0 Å². The fourth-order valence-electron chi connectivity index (χ4n) is 3.44. The lowest BCUT2D eigenvalue weighted by Crippen LogP contribution is -2.18. The Morgan fingerprint density at radius 3 is 2.16 bits per heavy atom. The van der Waals surface area contributed by atoms with E-state index in [1.807, 2.05) is 18.2 Å². The Morgan fingerprint density at radius 2 is 1.55 bits per heavy atom. The number of methoxy groups -OCH3 is 1. The molecule has 0 fully saturated rings. The van der Waals surface area contributed by atoms with Gasteiger partial charge in [0.1, 0.15) is 12.0 Å². The molecule has 0 aliphatic heterocycles. The highest BCUT2D eigenvalue weighted by molar-refractivity contribution is 5.78. The number of rotatable bonds is 10. The van der Waals surface area contributed by atoms with Gasteiger partial charge in [0, 0.05) is 11.0 Å². The van der Waals surface area contributed by atoms with Crippen LogP contribution in [0.1, 0.15) is 55.1 Å². The zero-order valence-electron chi connectivity index (χ0n) is 18.7. The van der Waals surface area contributed by atoms with Crippen LogP contribution in [0, 0.1) is 0 Å². The van der Waals surface area contributed by atoms with Gasteiger partial charge in [0.15, 0.2) is 11.5 Å². The SMILES string of the molecule is CCCCOc1c(OC)cc(C=O)cc1Oc1ccc(C(C)(C)c2ccccc2)cc1. The predicted molar refractivity (Wildman–Crippen MR) is 124 cm³/mol. The van der Waals surface area contributed by atoms with Crippen LogP contribution < -0.4 is 14.2 Å². The Bertz CT molecular complexity index is 992. The van der Waals surface area contributed by atoms with Gasteiger partial charge in [0.25, 0.3) is 0 Å². The molecule has 0 heterocycles. The highest BCUT2D eigenvalue weighted by atomic mass is 16.5. The lowest BCUT2D eigenvalue weighted by atomic mass is 9.78. The van der Waals surface area contributed by atoms with Crippen molar-refractivity contribution in [2.24, 2.45) is 0 Å². The zero-order valence-corrected chi connectivity index (χ0v) is 18.7. The van der Waals surface area contributed by atoms with Crippen LogP contribution in [0.5, 0.6) is 23.0 Å². The van der Waals surface area contributed by atoms with E-state index >= 15 is 0 Å². The topological polar surface area (TPSA) is 44.8 Å². The Labute approximate surface area is 184 Å². The van der Waals surface area contributed by atoms with Gasteiger partial charge in [-0.2, -0.15) is 0 Å². The second kappa shape index (κ2) is 10.2. The van der Waals surface area contributed by atoms with Crippen molar-refractivity contribution in [3.05, 3.63) is 83.4 Å². The van der Waals surface area contributed by atoms with Gasteiger partial charge >= 0.3 is 0 Å². The van der Waals surface area contributed by atoms with Gasteiger partial charge in [-0.25, -0.2) is 0 Å². The lowest BCUT2D eigenvalue weighted by molar-refractivity contribution is 0.112. The average molecular weight is 419 g/mol. The van der Waals surface area contributed by atoms with Crippen LogP contribution in [0.25, 0.3) is 0 Å². The molecule has 0 N–H and O–H groups in total. The van der Waals surface area contributed by atoms with Crippen molar-refractivity contribution in [3.8, 4) is 23.0 Å². The molecule has 31 heavy (non-hydrogen) atoms. The molecule has 4 nitrogen and oxygen atoms in total. The minimum atomic E-state index is -0.130. The molecule has 0 spiro atoms. The monoisotopic (exact) mass is 418 g/mol. The number of carbonyl (C=O) groups excluding carboxylic acids is 1. The summed E-state index contributed by atoms with van der Waals surface area (Å²) in [6, 6.07) is 21.8. The number of ether oxygens (including phenoxy) is 3. The summed E-state index contributed by atoms with van der Waals surface area (Å²) in [5.74, 6) is 2.12. The third-order valence-corrected chi connectivity index (χ3v) is 5.44. The molecule has 0 aliphatic rings. The molecule has 0 aliphatic carbocycles. The molecule has 0 atom stereocenters. The summed E-state index contributed by atoms with van der Waals surface area (Å²) >= 11 is 0. The zero-order chi connectivity index (χ0) is 22.3. The first-order valence-corrected chi connectivity index (χ1v) is 10.6. The second-order valence-corrected chi connectivity index (χ2v) is 7.99. The maximum Gasteiger partial charge on any atom is 0.204 e. The van der Waals surface area contributed by atoms with E-state index < -0.39 is 0 Å². The average Bonchev–Trinajstić information content (AvgIpc) is 2.80. The number of benzene rings is 3. The minimum Gasteiger partial charge on any atom is -0.493 e. The summed E-state index contributed by atoms with van der Waals surface area (Å²) in [6.07, 6.45) is 2.71. The molecule has 4 heteroatoms. The molecule has 0 saturated heterocycles. The Hall–Kier alpha value is -3.27. The van der Waals surface area contributed by atoms with Crippen molar-refractivity contribution >= 4 is 6.29 Å². The molecule has 3 aromatic rings. The van der Waals surface area contributed by atoms with E-state index in [0.717, 1.165) is 19.1 Å². The molecular weight excluding hydrogens is 388 g/mol. The highest BCUT2D eigenvalue weighted by Gasteiger charge is 2.23. The van der Waals surface area contributed by atoms with Gasteiger partial charge in [-0.05, 0) is 41.8 Å². The van der Waals surface area contributed by atoms with E-state index in [0.29, 0.717) is 35.2 Å². The molecule has 0 radical (unpaired) electrons. The van der Waals surface area contributed by atoms with Gasteiger partial charge in [-0.1, -0.05) is 69.7 Å². The van der Waals surface area contributed by atoms with E-state index in [-0.39, 0.29) is 5.41 Å². The maximum absolute atomic E-state index is 11.4. The molecule has 0 amide bonds. The van der Waals surface area contributed by atoms with Gasteiger partial charge in [0.2, 0.25) is 5.75 Å². The van der Waals surface area contributed by atoms with Crippen molar-refractivity contribution < 1.29 is 19.0 Å². The van der Waals surface area contributed by atoms with E-state index in [1.54, 1.807) is 19.2 Å². The van der Waals surface area contributed by atoms with Crippen molar-refractivity contribution in [2.45, 2.75) is 39.0 Å². The summed E-state index contributed by atoms with van der Waals surface area (Å²) in [5, 5.41) is 0. The molecule has 0 aromatic heterocycles. The largest absolute Gasteiger partial charge is 0.493 e. The lowest BCUT2D eigenvalue weighted by Gasteiger charge is -2.26. The fraction of sp³-hybridized carbons (Fsp3) is 0.296. The highest BCUT2D eigenvalue weighted by Crippen LogP contribution is 2.41. The Kier molecular flexibility index (Phi) is 7.35. The van der Waals surface area contributed by atoms with Crippen LogP contribution in [0.2, 0.25) is 0 Å². The number of hydrogen-bond acceptors (Lipinski definition) is 4. The molecule has 3 rings (SSSR count). The third-order valence-electron chi connectivity index (χ3n) is 5.44. The van der Waals surface area contributed by atoms with E-state index in [2.05, 4.69) is 57.2 Å².